The van der Waals surface area contributed by atoms with E-state index >= 15 is 0 Å². The predicted molar refractivity (Wildman–Crippen MR) is 71.9 cm³/mol. The summed E-state index contributed by atoms with van der Waals surface area (Å²) in [5.41, 5.74) is 0. The summed E-state index contributed by atoms with van der Waals surface area (Å²) in [6.45, 7) is 8.18. The van der Waals surface area contributed by atoms with Crippen molar-refractivity contribution in [1.82, 2.24) is 10.6 Å². The summed E-state index contributed by atoms with van der Waals surface area (Å²) < 4.78 is 0. The highest BCUT2D eigenvalue weighted by atomic mass is 32.2. The van der Waals surface area contributed by atoms with Gasteiger partial charge in [0.15, 0.2) is 5.96 Å². The van der Waals surface area contributed by atoms with E-state index in [1.165, 1.54) is 18.6 Å². The van der Waals surface area contributed by atoms with Gasteiger partial charge in [0.2, 0.25) is 0 Å². The number of nitrogens with one attached hydrogen (secondary N) is 2. The fraction of sp³-hybridized carbons (Fsp3) is 0.909. The number of rotatable bonds is 7. The Kier molecular flexibility index (Phi) is 9.89. The second-order valence-electron chi connectivity index (χ2n) is 3.76. The van der Waals surface area contributed by atoms with Crippen LogP contribution >= 0.6 is 11.8 Å². The predicted octanol–water partition coefficient (Wildman–Crippen LogP) is 2.09. The molecule has 0 amide bonds. The summed E-state index contributed by atoms with van der Waals surface area (Å²) in [5, 5.41) is 6.54. The smallest absolute Gasteiger partial charge is 0.191 e. The first-order valence-electron chi connectivity index (χ1n) is 5.74. The van der Waals surface area contributed by atoms with E-state index in [2.05, 4.69) is 42.7 Å². The maximum Gasteiger partial charge on any atom is 0.191 e. The summed E-state index contributed by atoms with van der Waals surface area (Å²) >= 11 is 1.90. The van der Waals surface area contributed by atoms with Crippen LogP contribution < -0.4 is 10.6 Å². The molecule has 0 radical (unpaired) electrons. The van der Waals surface area contributed by atoms with E-state index in [1.54, 1.807) is 0 Å². The van der Waals surface area contributed by atoms with Crippen molar-refractivity contribution in [1.29, 1.82) is 0 Å². The Morgan fingerprint density at radius 1 is 1.33 bits per heavy atom. The van der Waals surface area contributed by atoms with Gasteiger partial charge in [0, 0.05) is 19.1 Å². The summed E-state index contributed by atoms with van der Waals surface area (Å²) in [5.74, 6) is 2.18. The molecule has 0 saturated heterocycles. The van der Waals surface area contributed by atoms with Gasteiger partial charge in [-0.15, -0.1) is 0 Å². The number of nitrogens with zero attached hydrogens (tertiary/aromatic N) is 1. The van der Waals surface area contributed by atoms with E-state index < -0.39 is 0 Å². The molecule has 0 bridgehead atoms. The van der Waals surface area contributed by atoms with Crippen molar-refractivity contribution < 1.29 is 0 Å². The Hall–Kier alpha value is -0.380. The Labute approximate surface area is 98.5 Å². The zero-order valence-corrected chi connectivity index (χ0v) is 11.3. The molecular formula is C11H25N3S. The standard InChI is InChI=1S/C11H25N3S/c1-5-12-11(14-10(2)3)13-8-6-7-9-15-4/h10H,5-9H2,1-4H3,(H2,12,13,14). The van der Waals surface area contributed by atoms with Crippen molar-refractivity contribution in [2.24, 2.45) is 4.99 Å². The van der Waals surface area contributed by atoms with Crippen molar-refractivity contribution in [2.45, 2.75) is 39.7 Å². The van der Waals surface area contributed by atoms with Gasteiger partial charge in [-0.25, -0.2) is 0 Å². The first-order valence-corrected chi connectivity index (χ1v) is 7.13. The lowest BCUT2D eigenvalue weighted by molar-refractivity contribution is 0.696. The van der Waals surface area contributed by atoms with Crippen LogP contribution in [0.25, 0.3) is 0 Å². The van der Waals surface area contributed by atoms with Crippen LogP contribution in [0.1, 0.15) is 33.6 Å². The molecule has 0 atom stereocenters. The average molecular weight is 231 g/mol. The molecule has 3 nitrogen and oxygen atoms in total. The second-order valence-corrected chi connectivity index (χ2v) is 4.75. The number of unbranched alkanes of at least 4 members (excludes halogenated alkanes) is 1. The van der Waals surface area contributed by atoms with Crippen LogP contribution in [0.2, 0.25) is 0 Å². The third-order valence-electron chi connectivity index (χ3n) is 1.80. The number of aliphatic imine (C=N–C) groups is 1. The largest absolute Gasteiger partial charge is 0.357 e. The summed E-state index contributed by atoms with van der Waals surface area (Å²) in [6.07, 6.45) is 4.58. The highest BCUT2D eigenvalue weighted by molar-refractivity contribution is 7.98. The number of guanidine groups is 1. The van der Waals surface area contributed by atoms with E-state index in [1.807, 2.05) is 11.8 Å². The van der Waals surface area contributed by atoms with Crippen LogP contribution in [0, 0.1) is 0 Å². The Bertz CT molecular complexity index is 169. The lowest BCUT2D eigenvalue weighted by Crippen LogP contribution is -2.41. The van der Waals surface area contributed by atoms with Gasteiger partial charge in [-0.1, -0.05) is 0 Å². The zero-order valence-electron chi connectivity index (χ0n) is 10.5. The van der Waals surface area contributed by atoms with Gasteiger partial charge in [0.1, 0.15) is 0 Å². The molecule has 2 N–H and O–H groups in total. The Morgan fingerprint density at radius 3 is 2.60 bits per heavy atom. The van der Waals surface area contributed by atoms with Crippen LogP contribution in [-0.2, 0) is 0 Å². The van der Waals surface area contributed by atoms with Gasteiger partial charge in [-0.2, -0.15) is 11.8 Å². The number of hydrogen-bond donors (Lipinski definition) is 2. The molecule has 0 rings (SSSR count). The molecule has 0 aliphatic rings. The highest BCUT2D eigenvalue weighted by Crippen LogP contribution is 1.98. The minimum absolute atomic E-state index is 0.439. The minimum atomic E-state index is 0.439. The Morgan fingerprint density at radius 2 is 2.07 bits per heavy atom. The first kappa shape index (κ1) is 14.6. The van der Waals surface area contributed by atoms with Crippen LogP contribution in [-0.4, -0.2) is 37.1 Å². The molecule has 0 aliphatic heterocycles. The Balaban J connectivity index is 3.73. The topological polar surface area (TPSA) is 36.4 Å². The van der Waals surface area contributed by atoms with Crippen molar-refractivity contribution >= 4 is 17.7 Å². The molecule has 0 aromatic rings. The summed E-state index contributed by atoms with van der Waals surface area (Å²) in [6, 6.07) is 0.439. The van der Waals surface area contributed by atoms with Crippen molar-refractivity contribution in [3.63, 3.8) is 0 Å². The molecule has 15 heavy (non-hydrogen) atoms. The van der Waals surface area contributed by atoms with E-state index in [9.17, 15) is 0 Å². The lowest BCUT2D eigenvalue weighted by atomic mass is 10.3. The maximum absolute atomic E-state index is 4.51. The van der Waals surface area contributed by atoms with E-state index in [4.69, 9.17) is 0 Å². The van der Waals surface area contributed by atoms with Gasteiger partial charge in [0.25, 0.3) is 0 Å². The molecule has 0 heterocycles. The minimum Gasteiger partial charge on any atom is -0.357 e. The van der Waals surface area contributed by atoms with E-state index in [0.29, 0.717) is 6.04 Å². The molecular weight excluding hydrogens is 206 g/mol. The third kappa shape index (κ3) is 9.91. The van der Waals surface area contributed by atoms with Gasteiger partial charge in [0.05, 0.1) is 0 Å². The average Bonchev–Trinajstić information content (AvgIpc) is 2.17. The van der Waals surface area contributed by atoms with Crippen molar-refractivity contribution in [2.75, 3.05) is 25.1 Å². The molecule has 0 spiro atoms. The second kappa shape index (κ2) is 10.1. The van der Waals surface area contributed by atoms with Gasteiger partial charge in [-0.05, 0) is 45.6 Å². The highest BCUT2D eigenvalue weighted by Gasteiger charge is 1.98. The van der Waals surface area contributed by atoms with Crippen molar-refractivity contribution in [3.8, 4) is 0 Å². The van der Waals surface area contributed by atoms with Crippen LogP contribution in [0.3, 0.4) is 0 Å². The van der Waals surface area contributed by atoms with Crippen molar-refractivity contribution in [3.05, 3.63) is 0 Å². The molecule has 90 valence electrons. The van der Waals surface area contributed by atoms with E-state index in [0.717, 1.165) is 19.0 Å². The van der Waals surface area contributed by atoms with Gasteiger partial charge < -0.3 is 10.6 Å². The number of thioether (sulfide) groups is 1. The molecule has 0 aliphatic carbocycles. The van der Waals surface area contributed by atoms with Gasteiger partial charge >= 0.3 is 0 Å². The SMILES string of the molecule is CCNC(=NCCCCSC)NC(C)C. The monoisotopic (exact) mass is 231 g/mol. The third-order valence-corrected chi connectivity index (χ3v) is 2.49. The maximum atomic E-state index is 4.51. The molecule has 0 fully saturated rings. The summed E-state index contributed by atoms with van der Waals surface area (Å²) in [7, 11) is 0. The zero-order chi connectivity index (χ0) is 11.5. The molecule has 0 unspecified atom stereocenters. The molecule has 4 heteroatoms. The van der Waals surface area contributed by atoms with E-state index in [-0.39, 0.29) is 0 Å². The molecule has 0 aromatic carbocycles. The van der Waals surface area contributed by atoms with Crippen LogP contribution in [0.5, 0.6) is 0 Å². The summed E-state index contributed by atoms with van der Waals surface area (Å²) in [4.78, 5) is 4.51. The normalized spacial score (nSPS) is 11.9. The fourth-order valence-corrected chi connectivity index (χ4v) is 1.64. The molecule has 0 aromatic heterocycles. The fourth-order valence-electron chi connectivity index (χ4n) is 1.14. The van der Waals surface area contributed by atoms with Crippen LogP contribution in [0.4, 0.5) is 0 Å². The van der Waals surface area contributed by atoms with Crippen LogP contribution in [0.15, 0.2) is 4.99 Å². The quantitative estimate of drug-likeness (QED) is 0.400. The first-order chi connectivity index (χ1) is 7.20. The number of hydrogen-bond acceptors (Lipinski definition) is 2. The molecule has 0 saturated carbocycles. The lowest BCUT2D eigenvalue weighted by Gasteiger charge is -2.13. The van der Waals surface area contributed by atoms with Gasteiger partial charge in [-0.3, -0.25) is 4.99 Å².